The lowest BCUT2D eigenvalue weighted by Gasteiger charge is -2.34. The topological polar surface area (TPSA) is 15.3 Å². The SMILES string of the molecule is CNCCCN1CC(C)CC(C)C1. The van der Waals surface area contributed by atoms with Gasteiger partial charge >= 0.3 is 0 Å². The van der Waals surface area contributed by atoms with Gasteiger partial charge in [0.05, 0.1) is 0 Å². The van der Waals surface area contributed by atoms with Gasteiger partial charge in [-0.15, -0.1) is 0 Å². The Morgan fingerprint density at radius 3 is 2.38 bits per heavy atom. The van der Waals surface area contributed by atoms with Crippen LogP contribution >= 0.6 is 0 Å². The molecule has 0 aromatic rings. The molecular weight excluding hydrogens is 160 g/mol. The maximum absolute atomic E-state index is 3.20. The molecule has 1 rings (SSSR count). The zero-order valence-corrected chi connectivity index (χ0v) is 9.34. The van der Waals surface area contributed by atoms with Crippen LogP contribution in [0.15, 0.2) is 0 Å². The lowest BCUT2D eigenvalue weighted by atomic mass is 9.92. The van der Waals surface area contributed by atoms with Crippen molar-refractivity contribution in [1.29, 1.82) is 0 Å². The van der Waals surface area contributed by atoms with E-state index in [1.807, 2.05) is 7.05 Å². The third-order valence-corrected chi connectivity index (χ3v) is 2.85. The number of nitrogens with one attached hydrogen (secondary N) is 1. The Morgan fingerprint density at radius 1 is 1.23 bits per heavy atom. The number of hydrogen-bond acceptors (Lipinski definition) is 2. The van der Waals surface area contributed by atoms with Gasteiger partial charge in [-0.3, -0.25) is 0 Å². The minimum Gasteiger partial charge on any atom is -0.320 e. The first kappa shape index (κ1) is 11.0. The van der Waals surface area contributed by atoms with Crippen molar-refractivity contribution in [2.24, 2.45) is 11.8 Å². The molecule has 1 saturated heterocycles. The minimum absolute atomic E-state index is 0.901. The van der Waals surface area contributed by atoms with Gasteiger partial charge in [-0.25, -0.2) is 0 Å². The maximum atomic E-state index is 3.20. The second kappa shape index (κ2) is 5.61. The van der Waals surface area contributed by atoms with Crippen molar-refractivity contribution in [3.05, 3.63) is 0 Å². The summed E-state index contributed by atoms with van der Waals surface area (Å²) >= 11 is 0. The fourth-order valence-electron chi connectivity index (χ4n) is 2.45. The summed E-state index contributed by atoms with van der Waals surface area (Å²) in [6.45, 7) is 9.80. The number of hydrogen-bond donors (Lipinski definition) is 1. The van der Waals surface area contributed by atoms with Crippen molar-refractivity contribution in [2.75, 3.05) is 33.2 Å². The first-order chi connectivity index (χ1) is 6.22. The fraction of sp³-hybridized carbons (Fsp3) is 1.00. The largest absolute Gasteiger partial charge is 0.320 e. The molecule has 1 heterocycles. The summed E-state index contributed by atoms with van der Waals surface area (Å²) < 4.78 is 0. The summed E-state index contributed by atoms with van der Waals surface area (Å²) in [6.07, 6.45) is 2.71. The molecule has 0 amide bonds. The molecule has 2 atom stereocenters. The van der Waals surface area contributed by atoms with Gasteiger partial charge in [-0.2, -0.15) is 0 Å². The van der Waals surface area contributed by atoms with Crippen molar-refractivity contribution in [3.8, 4) is 0 Å². The van der Waals surface area contributed by atoms with E-state index < -0.39 is 0 Å². The van der Waals surface area contributed by atoms with E-state index in [2.05, 4.69) is 24.1 Å². The van der Waals surface area contributed by atoms with Crippen LogP contribution in [0.25, 0.3) is 0 Å². The summed E-state index contributed by atoms with van der Waals surface area (Å²) in [4.78, 5) is 2.62. The Kier molecular flexibility index (Phi) is 4.74. The molecule has 0 aromatic heterocycles. The van der Waals surface area contributed by atoms with E-state index in [-0.39, 0.29) is 0 Å². The van der Waals surface area contributed by atoms with E-state index in [1.165, 1.54) is 32.5 Å². The predicted molar refractivity (Wildman–Crippen MR) is 57.9 cm³/mol. The van der Waals surface area contributed by atoms with Crippen molar-refractivity contribution < 1.29 is 0 Å². The summed E-state index contributed by atoms with van der Waals surface area (Å²) in [6, 6.07) is 0. The minimum atomic E-state index is 0.901. The van der Waals surface area contributed by atoms with Gasteiger partial charge in [0.15, 0.2) is 0 Å². The first-order valence-corrected chi connectivity index (χ1v) is 5.59. The normalized spacial score (nSPS) is 30.7. The van der Waals surface area contributed by atoms with Crippen molar-refractivity contribution >= 4 is 0 Å². The van der Waals surface area contributed by atoms with Crippen molar-refractivity contribution in [2.45, 2.75) is 26.7 Å². The van der Waals surface area contributed by atoms with Gasteiger partial charge in [0.2, 0.25) is 0 Å². The zero-order chi connectivity index (χ0) is 9.68. The van der Waals surface area contributed by atoms with Gasteiger partial charge in [0.25, 0.3) is 0 Å². The molecule has 0 saturated carbocycles. The predicted octanol–water partition coefficient (Wildman–Crippen LogP) is 1.57. The van der Waals surface area contributed by atoms with Crippen molar-refractivity contribution in [1.82, 2.24) is 10.2 Å². The summed E-state index contributed by atoms with van der Waals surface area (Å²) in [5.74, 6) is 1.80. The Labute approximate surface area is 82.7 Å². The van der Waals surface area contributed by atoms with E-state index in [1.54, 1.807) is 0 Å². The van der Waals surface area contributed by atoms with Gasteiger partial charge < -0.3 is 10.2 Å². The molecule has 2 unspecified atom stereocenters. The molecule has 0 aliphatic carbocycles. The second-order valence-corrected chi connectivity index (χ2v) is 4.66. The second-order valence-electron chi connectivity index (χ2n) is 4.66. The monoisotopic (exact) mass is 184 g/mol. The number of nitrogens with zero attached hydrogens (tertiary/aromatic N) is 1. The quantitative estimate of drug-likeness (QED) is 0.667. The van der Waals surface area contributed by atoms with E-state index >= 15 is 0 Å². The standard InChI is InChI=1S/C11H24N2/c1-10-7-11(2)9-13(8-10)6-4-5-12-3/h10-12H,4-9H2,1-3H3. The highest BCUT2D eigenvalue weighted by Gasteiger charge is 2.20. The molecule has 13 heavy (non-hydrogen) atoms. The average Bonchev–Trinajstić information content (AvgIpc) is 2.03. The molecule has 1 aliphatic heterocycles. The molecule has 2 heteroatoms. The molecule has 0 bridgehead atoms. The molecule has 1 N–H and O–H groups in total. The highest BCUT2D eigenvalue weighted by atomic mass is 15.1. The van der Waals surface area contributed by atoms with Crippen LogP contribution in [0.2, 0.25) is 0 Å². The fourth-order valence-corrected chi connectivity index (χ4v) is 2.45. The molecule has 0 radical (unpaired) electrons. The van der Waals surface area contributed by atoms with E-state index in [0.717, 1.165) is 18.4 Å². The molecule has 0 spiro atoms. The summed E-state index contributed by atoms with van der Waals surface area (Å²) in [7, 11) is 2.03. The van der Waals surface area contributed by atoms with Gasteiger partial charge in [0, 0.05) is 13.1 Å². The van der Waals surface area contributed by atoms with Crippen LogP contribution in [0, 0.1) is 11.8 Å². The molecule has 1 fully saturated rings. The lowest BCUT2D eigenvalue weighted by Crippen LogP contribution is -2.39. The molecular formula is C11H24N2. The summed E-state index contributed by atoms with van der Waals surface area (Å²) in [5, 5.41) is 3.20. The Bertz CT molecular complexity index is 126. The highest BCUT2D eigenvalue weighted by molar-refractivity contribution is 4.74. The van der Waals surface area contributed by atoms with Crippen LogP contribution in [0.5, 0.6) is 0 Å². The van der Waals surface area contributed by atoms with Crippen LogP contribution in [-0.4, -0.2) is 38.1 Å². The van der Waals surface area contributed by atoms with E-state index in [4.69, 9.17) is 0 Å². The molecule has 78 valence electrons. The first-order valence-electron chi connectivity index (χ1n) is 5.59. The molecule has 2 nitrogen and oxygen atoms in total. The van der Waals surface area contributed by atoms with Crippen LogP contribution in [-0.2, 0) is 0 Å². The third kappa shape index (κ3) is 4.10. The van der Waals surface area contributed by atoms with Gasteiger partial charge in [0.1, 0.15) is 0 Å². The Hall–Kier alpha value is -0.0800. The van der Waals surface area contributed by atoms with Crippen LogP contribution in [0.1, 0.15) is 26.7 Å². The highest BCUT2D eigenvalue weighted by Crippen LogP contribution is 2.20. The summed E-state index contributed by atoms with van der Waals surface area (Å²) in [5.41, 5.74) is 0. The smallest absolute Gasteiger partial charge is 0.000725 e. The zero-order valence-electron chi connectivity index (χ0n) is 9.34. The van der Waals surface area contributed by atoms with E-state index in [9.17, 15) is 0 Å². The maximum Gasteiger partial charge on any atom is 0.000725 e. The average molecular weight is 184 g/mol. The van der Waals surface area contributed by atoms with Crippen LogP contribution in [0.4, 0.5) is 0 Å². The van der Waals surface area contributed by atoms with Crippen molar-refractivity contribution in [3.63, 3.8) is 0 Å². The third-order valence-electron chi connectivity index (χ3n) is 2.85. The van der Waals surface area contributed by atoms with E-state index in [0.29, 0.717) is 0 Å². The molecule has 1 aliphatic rings. The number of piperidine rings is 1. The number of rotatable bonds is 4. The van der Waals surface area contributed by atoms with Gasteiger partial charge in [-0.1, -0.05) is 13.8 Å². The van der Waals surface area contributed by atoms with Crippen LogP contribution < -0.4 is 5.32 Å². The Morgan fingerprint density at radius 2 is 1.85 bits per heavy atom. The van der Waals surface area contributed by atoms with Crippen LogP contribution in [0.3, 0.4) is 0 Å². The molecule has 0 aromatic carbocycles. The van der Waals surface area contributed by atoms with Gasteiger partial charge in [-0.05, 0) is 44.8 Å². The number of likely N-dealkylation sites (tertiary alicyclic amines) is 1. The Balaban J connectivity index is 2.17. The lowest BCUT2D eigenvalue weighted by molar-refractivity contribution is 0.140.